The zero-order chi connectivity index (χ0) is 15.6. The molecule has 1 atom stereocenters. The molecule has 0 spiro atoms. The number of hydrogen-bond acceptors (Lipinski definition) is 3. The molecule has 21 heavy (non-hydrogen) atoms. The number of benzene rings is 1. The van der Waals surface area contributed by atoms with Crippen molar-refractivity contribution < 1.29 is 23.9 Å². The highest BCUT2D eigenvalue weighted by atomic mass is 19.1. The van der Waals surface area contributed by atoms with Gasteiger partial charge in [-0.3, -0.25) is 14.6 Å². The summed E-state index contributed by atoms with van der Waals surface area (Å²) in [5.41, 5.74) is 0.400. The number of carbonyl (C=O) groups is 3. The Labute approximate surface area is 119 Å². The molecule has 8 heteroatoms. The lowest BCUT2D eigenvalue weighted by Gasteiger charge is -2.35. The second-order valence-electron chi connectivity index (χ2n) is 4.60. The summed E-state index contributed by atoms with van der Waals surface area (Å²) < 4.78 is 12.9. The lowest BCUT2D eigenvalue weighted by atomic mass is 10.2. The van der Waals surface area contributed by atoms with Gasteiger partial charge in [-0.25, -0.2) is 14.0 Å². The van der Waals surface area contributed by atoms with Gasteiger partial charge >= 0.3 is 12.0 Å². The van der Waals surface area contributed by atoms with Crippen LogP contribution < -0.4 is 10.2 Å². The van der Waals surface area contributed by atoms with Crippen LogP contribution >= 0.6 is 0 Å². The SMILES string of the molecule is CN(C(=O)N1CC(=O)NCC1C(=O)O)c1ccc(F)cc1. The molecule has 2 N–H and O–H groups in total. The van der Waals surface area contributed by atoms with Crippen molar-refractivity contribution in [3.05, 3.63) is 30.1 Å². The number of aliphatic carboxylic acids is 1. The Kier molecular flexibility index (Phi) is 4.06. The first kappa shape index (κ1) is 14.8. The van der Waals surface area contributed by atoms with Gasteiger partial charge in [-0.05, 0) is 24.3 Å². The van der Waals surface area contributed by atoms with Crippen LogP contribution in [0.5, 0.6) is 0 Å². The summed E-state index contributed by atoms with van der Waals surface area (Å²) in [4.78, 5) is 37.1. The maximum absolute atomic E-state index is 12.9. The molecule has 1 aromatic rings. The number of nitrogens with one attached hydrogen (secondary N) is 1. The standard InChI is InChI=1S/C13H14FN3O4/c1-16(9-4-2-8(14)3-5-9)13(21)17-7-11(18)15-6-10(17)12(19)20/h2-5,10H,6-7H2,1H3,(H,15,18)(H,19,20). The molecule has 1 unspecified atom stereocenters. The molecular weight excluding hydrogens is 281 g/mol. The minimum Gasteiger partial charge on any atom is -0.480 e. The number of carboxylic acids is 1. The van der Waals surface area contributed by atoms with Crippen LogP contribution in [-0.4, -0.2) is 54.1 Å². The normalized spacial score (nSPS) is 18.1. The van der Waals surface area contributed by atoms with E-state index >= 15 is 0 Å². The molecule has 0 aliphatic carbocycles. The highest BCUT2D eigenvalue weighted by Crippen LogP contribution is 2.17. The van der Waals surface area contributed by atoms with Crippen molar-refractivity contribution in [3.63, 3.8) is 0 Å². The van der Waals surface area contributed by atoms with Crippen LogP contribution in [0.15, 0.2) is 24.3 Å². The number of anilines is 1. The number of carbonyl (C=O) groups excluding carboxylic acids is 2. The fourth-order valence-corrected chi connectivity index (χ4v) is 2.03. The third-order valence-corrected chi connectivity index (χ3v) is 3.21. The van der Waals surface area contributed by atoms with Gasteiger partial charge in [0.25, 0.3) is 0 Å². The van der Waals surface area contributed by atoms with Crippen molar-refractivity contribution in [2.45, 2.75) is 6.04 Å². The molecule has 2 rings (SSSR count). The lowest BCUT2D eigenvalue weighted by molar-refractivity contribution is -0.144. The minimum atomic E-state index is -1.20. The highest BCUT2D eigenvalue weighted by molar-refractivity contribution is 5.97. The first-order valence-corrected chi connectivity index (χ1v) is 6.19. The molecule has 112 valence electrons. The second-order valence-corrected chi connectivity index (χ2v) is 4.60. The van der Waals surface area contributed by atoms with Gasteiger partial charge in [0.2, 0.25) is 5.91 Å². The molecule has 0 saturated carbocycles. The fourth-order valence-electron chi connectivity index (χ4n) is 2.03. The summed E-state index contributed by atoms with van der Waals surface area (Å²) in [5.74, 6) is -2.07. The van der Waals surface area contributed by atoms with Gasteiger partial charge in [-0.15, -0.1) is 0 Å². The molecule has 1 aromatic carbocycles. The molecule has 1 heterocycles. The highest BCUT2D eigenvalue weighted by Gasteiger charge is 2.36. The summed E-state index contributed by atoms with van der Waals surface area (Å²) in [6.07, 6.45) is 0. The Bertz CT molecular complexity index is 575. The van der Waals surface area contributed by atoms with E-state index in [0.29, 0.717) is 5.69 Å². The number of nitrogens with zero attached hydrogens (tertiary/aromatic N) is 2. The molecule has 1 aliphatic rings. The molecule has 0 radical (unpaired) electrons. The summed E-state index contributed by atoms with van der Waals surface area (Å²) in [5, 5.41) is 11.5. The van der Waals surface area contributed by atoms with Gasteiger partial charge in [0.1, 0.15) is 18.4 Å². The third-order valence-electron chi connectivity index (χ3n) is 3.21. The van der Waals surface area contributed by atoms with Crippen LogP contribution in [0, 0.1) is 5.82 Å². The van der Waals surface area contributed by atoms with Gasteiger partial charge in [0.15, 0.2) is 0 Å². The summed E-state index contributed by atoms with van der Waals surface area (Å²) in [6, 6.07) is 3.41. The topological polar surface area (TPSA) is 90.0 Å². The van der Waals surface area contributed by atoms with E-state index in [1.165, 1.54) is 36.2 Å². The van der Waals surface area contributed by atoms with E-state index < -0.39 is 29.8 Å². The molecule has 0 aromatic heterocycles. The smallest absolute Gasteiger partial charge is 0.328 e. The summed E-state index contributed by atoms with van der Waals surface area (Å²) >= 11 is 0. The summed E-state index contributed by atoms with van der Waals surface area (Å²) in [6.45, 7) is -0.474. The number of halogens is 1. The van der Waals surface area contributed by atoms with E-state index in [9.17, 15) is 18.8 Å². The maximum atomic E-state index is 12.9. The lowest BCUT2D eigenvalue weighted by Crippen LogP contribution is -2.61. The Balaban J connectivity index is 2.21. The largest absolute Gasteiger partial charge is 0.480 e. The van der Waals surface area contributed by atoms with Gasteiger partial charge < -0.3 is 10.4 Å². The van der Waals surface area contributed by atoms with Gasteiger partial charge in [-0.1, -0.05) is 0 Å². The molecule has 1 fully saturated rings. The Morgan fingerprint density at radius 1 is 1.38 bits per heavy atom. The average molecular weight is 295 g/mol. The first-order chi connectivity index (χ1) is 9.90. The van der Waals surface area contributed by atoms with Crippen LogP contribution in [0.2, 0.25) is 0 Å². The number of rotatable bonds is 2. The summed E-state index contributed by atoms with van der Waals surface area (Å²) in [7, 11) is 1.43. The first-order valence-electron chi connectivity index (χ1n) is 6.19. The number of hydrogen-bond donors (Lipinski definition) is 2. The van der Waals surface area contributed by atoms with Crippen molar-refractivity contribution in [1.29, 1.82) is 0 Å². The maximum Gasteiger partial charge on any atom is 0.328 e. The van der Waals surface area contributed by atoms with E-state index in [-0.39, 0.29) is 13.1 Å². The predicted molar refractivity (Wildman–Crippen MR) is 71.3 cm³/mol. The Morgan fingerprint density at radius 3 is 2.57 bits per heavy atom. The van der Waals surface area contributed by atoms with Crippen molar-refractivity contribution in [3.8, 4) is 0 Å². The number of urea groups is 1. The molecule has 3 amide bonds. The predicted octanol–water partition coefficient (Wildman–Crippen LogP) is 0.267. The third kappa shape index (κ3) is 3.10. The monoisotopic (exact) mass is 295 g/mol. The Morgan fingerprint density at radius 2 is 2.00 bits per heavy atom. The fraction of sp³-hybridized carbons (Fsp3) is 0.308. The number of piperazine rings is 1. The molecule has 1 aliphatic heterocycles. The minimum absolute atomic E-state index is 0.142. The van der Waals surface area contributed by atoms with Crippen LogP contribution in [0.1, 0.15) is 0 Å². The molecule has 0 bridgehead atoms. The van der Waals surface area contributed by atoms with Gasteiger partial charge in [0.05, 0.1) is 0 Å². The zero-order valence-electron chi connectivity index (χ0n) is 11.2. The van der Waals surface area contributed by atoms with Crippen LogP contribution in [0.4, 0.5) is 14.9 Å². The number of carboxylic acid groups (broad SMARTS) is 1. The number of amides is 3. The van der Waals surface area contributed by atoms with Crippen LogP contribution in [0.25, 0.3) is 0 Å². The van der Waals surface area contributed by atoms with Crippen molar-refractivity contribution in [2.75, 3.05) is 25.0 Å². The zero-order valence-corrected chi connectivity index (χ0v) is 11.2. The quantitative estimate of drug-likeness (QED) is 0.819. The molecule has 1 saturated heterocycles. The van der Waals surface area contributed by atoms with E-state index in [1.807, 2.05) is 0 Å². The van der Waals surface area contributed by atoms with E-state index in [1.54, 1.807) is 0 Å². The average Bonchev–Trinajstić information content (AvgIpc) is 2.46. The Hall–Kier alpha value is -2.64. The van der Waals surface area contributed by atoms with Gasteiger partial charge in [-0.2, -0.15) is 0 Å². The van der Waals surface area contributed by atoms with E-state index in [0.717, 1.165) is 4.90 Å². The van der Waals surface area contributed by atoms with Crippen molar-refractivity contribution in [2.24, 2.45) is 0 Å². The molecule has 7 nitrogen and oxygen atoms in total. The van der Waals surface area contributed by atoms with Crippen LogP contribution in [-0.2, 0) is 9.59 Å². The van der Waals surface area contributed by atoms with E-state index in [4.69, 9.17) is 5.11 Å². The van der Waals surface area contributed by atoms with E-state index in [2.05, 4.69) is 5.32 Å². The van der Waals surface area contributed by atoms with Crippen molar-refractivity contribution in [1.82, 2.24) is 10.2 Å². The van der Waals surface area contributed by atoms with Crippen molar-refractivity contribution >= 4 is 23.6 Å². The van der Waals surface area contributed by atoms with Crippen LogP contribution in [0.3, 0.4) is 0 Å². The van der Waals surface area contributed by atoms with Gasteiger partial charge in [0, 0.05) is 19.3 Å². The molecular formula is C13H14FN3O4. The second kappa shape index (κ2) is 5.78.